The highest BCUT2D eigenvalue weighted by atomic mass is 19.1. The third-order valence-corrected chi connectivity index (χ3v) is 6.52. The molecule has 2 heterocycles. The molecule has 0 unspecified atom stereocenters. The van der Waals surface area contributed by atoms with Gasteiger partial charge in [-0.2, -0.15) is 26.3 Å². The van der Waals surface area contributed by atoms with E-state index in [2.05, 4.69) is 9.98 Å². The Bertz CT molecular complexity index is 2020. The summed E-state index contributed by atoms with van der Waals surface area (Å²) >= 11 is 0. The van der Waals surface area contributed by atoms with Crippen LogP contribution < -0.4 is 0 Å². The van der Waals surface area contributed by atoms with E-state index < -0.39 is 40.0 Å². The van der Waals surface area contributed by atoms with Gasteiger partial charge < -0.3 is 0 Å². The van der Waals surface area contributed by atoms with Crippen LogP contribution in [0.1, 0.15) is 33.4 Å². The standard InChI is InChI=1S/C30H9F4N7/c1-13-21(31)2-14(3-22(13)32)29-27(16(8-35)9-36)18-6-19-26(7-25(18)40-29)41-30(28(19)17(10-37)11-38)15-4-23(33)20(12-39)24(34)5-15/h2-7H,1H3. The van der Waals surface area contributed by atoms with Crippen LogP contribution in [0.2, 0.25) is 0 Å². The SMILES string of the molecule is Cc1c(F)cc(C2=Nc3cc4c(cc3C2=C(C#N)C#N)C(=C(C#N)C#N)C(c2cc(F)c(C#N)c(F)c2)=N4)cc1F. The molecule has 0 saturated carbocycles. The van der Waals surface area contributed by atoms with Crippen LogP contribution in [0.25, 0.3) is 11.1 Å². The zero-order valence-corrected chi connectivity index (χ0v) is 20.6. The molecule has 0 spiro atoms. The van der Waals surface area contributed by atoms with Crippen LogP contribution in [0.15, 0.2) is 57.5 Å². The zero-order valence-electron chi connectivity index (χ0n) is 20.6. The van der Waals surface area contributed by atoms with Gasteiger partial charge in [0.05, 0.1) is 22.8 Å². The molecule has 41 heavy (non-hydrogen) atoms. The largest absolute Gasteiger partial charge is 0.247 e. The van der Waals surface area contributed by atoms with E-state index in [0.29, 0.717) is 0 Å². The summed E-state index contributed by atoms with van der Waals surface area (Å²) < 4.78 is 57.8. The molecule has 0 radical (unpaired) electrons. The highest BCUT2D eigenvalue weighted by Crippen LogP contribution is 2.48. The van der Waals surface area contributed by atoms with Crippen molar-refractivity contribution < 1.29 is 17.6 Å². The number of rotatable bonds is 2. The summed E-state index contributed by atoms with van der Waals surface area (Å²) in [6.07, 6.45) is 0. The monoisotopic (exact) mass is 543 g/mol. The molecule has 0 aliphatic carbocycles. The van der Waals surface area contributed by atoms with Crippen LogP contribution in [0.3, 0.4) is 0 Å². The number of halogens is 4. The number of allylic oxidation sites excluding steroid dienone is 4. The van der Waals surface area contributed by atoms with Crippen LogP contribution in [-0.4, -0.2) is 11.4 Å². The van der Waals surface area contributed by atoms with Crippen molar-refractivity contribution in [2.45, 2.75) is 6.92 Å². The van der Waals surface area contributed by atoms with E-state index in [0.717, 1.165) is 24.3 Å². The lowest BCUT2D eigenvalue weighted by Crippen LogP contribution is -2.06. The predicted molar refractivity (Wildman–Crippen MR) is 137 cm³/mol. The Morgan fingerprint density at radius 3 is 1.34 bits per heavy atom. The molecular weight excluding hydrogens is 534 g/mol. The minimum atomic E-state index is -1.18. The lowest BCUT2D eigenvalue weighted by atomic mass is 9.89. The van der Waals surface area contributed by atoms with Gasteiger partial charge in [0.2, 0.25) is 0 Å². The number of aliphatic imine (C=N–C) groups is 2. The fraction of sp³-hybridized carbons (Fsp3) is 0.0333. The average molecular weight is 543 g/mol. The van der Waals surface area contributed by atoms with Gasteiger partial charge in [0, 0.05) is 39.0 Å². The lowest BCUT2D eigenvalue weighted by Gasteiger charge is -2.10. The first kappa shape index (κ1) is 26.3. The quantitative estimate of drug-likeness (QED) is 0.275. The second-order valence-corrected chi connectivity index (χ2v) is 8.75. The van der Waals surface area contributed by atoms with E-state index in [1.54, 1.807) is 24.3 Å². The summed E-state index contributed by atoms with van der Waals surface area (Å²) in [6.45, 7) is 1.24. The molecule has 0 amide bonds. The number of hydrogen-bond acceptors (Lipinski definition) is 7. The first-order chi connectivity index (χ1) is 19.7. The second-order valence-electron chi connectivity index (χ2n) is 8.75. The van der Waals surface area contributed by atoms with E-state index in [4.69, 9.17) is 5.26 Å². The van der Waals surface area contributed by atoms with Crippen molar-refractivity contribution >= 4 is 33.9 Å². The molecule has 3 aromatic carbocycles. The highest BCUT2D eigenvalue weighted by Gasteiger charge is 2.33. The van der Waals surface area contributed by atoms with Crippen LogP contribution in [0, 0.1) is 86.8 Å². The molecule has 11 heteroatoms. The van der Waals surface area contributed by atoms with E-state index in [1.165, 1.54) is 25.1 Å². The third kappa shape index (κ3) is 4.01. The molecule has 0 bridgehead atoms. The van der Waals surface area contributed by atoms with Crippen molar-refractivity contribution in [2.24, 2.45) is 9.98 Å². The maximum Gasteiger partial charge on any atom is 0.144 e. The fourth-order valence-electron chi connectivity index (χ4n) is 4.57. The Kier molecular flexibility index (Phi) is 6.25. The molecular formula is C30H9F4N7. The molecule has 192 valence electrons. The Labute approximate surface area is 229 Å². The van der Waals surface area contributed by atoms with Crippen LogP contribution >= 0.6 is 0 Å². The molecule has 5 rings (SSSR count). The topological polar surface area (TPSA) is 144 Å². The van der Waals surface area contributed by atoms with E-state index in [9.17, 15) is 38.6 Å². The van der Waals surface area contributed by atoms with Crippen molar-refractivity contribution in [1.82, 2.24) is 0 Å². The Balaban J connectivity index is 1.80. The van der Waals surface area contributed by atoms with Gasteiger partial charge in [0.25, 0.3) is 0 Å². The van der Waals surface area contributed by atoms with Gasteiger partial charge in [0.1, 0.15) is 70.3 Å². The molecule has 0 fully saturated rings. The molecule has 0 atom stereocenters. The van der Waals surface area contributed by atoms with E-state index in [1.807, 2.05) is 0 Å². The van der Waals surface area contributed by atoms with Crippen molar-refractivity contribution in [3.05, 3.63) is 104 Å². The molecule has 0 aromatic heterocycles. The zero-order chi connectivity index (χ0) is 29.6. The minimum Gasteiger partial charge on any atom is -0.247 e. The van der Waals surface area contributed by atoms with Gasteiger partial charge in [-0.05, 0) is 43.3 Å². The van der Waals surface area contributed by atoms with Gasteiger partial charge >= 0.3 is 0 Å². The van der Waals surface area contributed by atoms with Gasteiger partial charge in [-0.15, -0.1) is 0 Å². The van der Waals surface area contributed by atoms with Crippen LogP contribution in [0.4, 0.5) is 28.9 Å². The van der Waals surface area contributed by atoms with Crippen molar-refractivity contribution in [3.8, 4) is 30.3 Å². The van der Waals surface area contributed by atoms with Gasteiger partial charge in [-0.1, -0.05) is 0 Å². The maximum atomic E-state index is 14.5. The van der Waals surface area contributed by atoms with Crippen molar-refractivity contribution in [3.63, 3.8) is 0 Å². The second kappa shape index (κ2) is 9.75. The summed E-state index contributed by atoms with van der Waals surface area (Å²) in [4.78, 5) is 8.81. The first-order valence-corrected chi connectivity index (χ1v) is 11.5. The van der Waals surface area contributed by atoms with Crippen LogP contribution in [0.5, 0.6) is 0 Å². The van der Waals surface area contributed by atoms with E-state index >= 15 is 0 Å². The normalized spacial score (nSPS) is 12.6. The van der Waals surface area contributed by atoms with E-state index in [-0.39, 0.29) is 61.8 Å². The predicted octanol–water partition coefficient (Wildman–Crippen LogP) is 6.29. The molecule has 3 aromatic rings. The Morgan fingerprint density at radius 1 is 0.585 bits per heavy atom. The molecule has 0 saturated heterocycles. The fourth-order valence-corrected chi connectivity index (χ4v) is 4.57. The summed E-state index contributed by atoms with van der Waals surface area (Å²) in [6, 6.07) is 14.9. The van der Waals surface area contributed by atoms with Crippen molar-refractivity contribution in [2.75, 3.05) is 0 Å². The Hall–Kier alpha value is -6.35. The summed E-state index contributed by atoms with van der Waals surface area (Å²) in [5.41, 5.74) is -1.89. The van der Waals surface area contributed by atoms with Gasteiger partial charge in [-0.25, -0.2) is 27.5 Å². The minimum absolute atomic E-state index is 0.0433. The van der Waals surface area contributed by atoms with Gasteiger partial charge in [0.15, 0.2) is 0 Å². The number of nitriles is 5. The molecule has 2 aliphatic rings. The maximum absolute atomic E-state index is 14.5. The van der Waals surface area contributed by atoms with Crippen LogP contribution in [-0.2, 0) is 0 Å². The van der Waals surface area contributed by atoms with Gasteiger partial charge in [-0.3, -0.25) is 0 Å². The molecule has 0 N–H and O–H groups in total. The molecule has 2 aliphatic heterocycles. The number of nitrogens with zero attached hydrogens (tertiary/aromatic N) is 7. The Morgan fingerprint density at radius 2 is 0.976 bits per heavy atom. The third-order valence-electron chi connectivity index (χ3n) is 6.52. The summed E-state index contributed by atoms with van der Waals surface area (Å²) in [7, 11) is 0. The van der Waals surface area contributed by atoms with Crippen molar-refractivity contribution in [1.29, 1.82) is 26.3 Å². The number of hydrogen-bond donors (Lipinski definition) is 0. The molecule has 7 nitrogen and oxygen atoms in total. The summed E-state index contributed by atoms with van der Waals surface area (Å²) in [5.74, 6) is -4.10. The average Bonchev–Trinajstić information content (AvgIpc) is 3.50. The number of fused-ring (bicyclic) bond motifs is 2. The smallest absolute Gasteiger partial charge is 0.144 e. The highest BCUT2D eigenvalue weighted by molar-refractivity contribution is 6.40. The number of benzene rings is 3. The summed E-state index contributed by atoms with van der Waals surface area (Å²) in [5, 5.41) is 47.7. The first-order valence-electron chi connectivity index (χ1n) is 11.5. The lowest BCUT2D eigenvalue weighted by molar-refractivity contribution is 0.567.